The first-order chi connectivity index (χ1) is 6.32. The van der Waals surface area contributed by atoms with Gasteiger partial charge < -0.3 is 26.6 Å². The van der Waals surface area contributed by atoms with Crippen LogP contribution in [0.25, 0.3) is 0 Å². The molecule has 0 aliphatic carbocycles. The molecule has 0 saturated heterocycles. The molecule has 102 valence electrons. The number of hydrogen-bond donors (Lipinski definition) is 3. The van der Waals surface area contributed by atoms with Crippen LogP contribution in [0.2, 0.25) is 0 Å². The van der Waals surface area contributed by atoms with Gasteiger partial charge in [-0.2, -0.15) is 8.42 Å². The number of phenols is 1. The quantitative estimate of drug-likeness (QED) is 0.384. The van der Waals surface area contributed by atoms with Gasteiger partial charge in [0.25, 0.3) is 10.1 Å². The van der Waals surface area contributed by atoms with Crippen LogP contribution in [0, 0.1) is 0 Å². The molecule has 0 aliphatic heterocycles. The van der Waals surface area contributed by atoms with E-state index in [0.29, 0.717) is 6.07 Å². The van der Waals surface area contributed by atoms with E-state index in [1.807, 2.05) is 0 Å². The van der Waals surface area contributed by atoms with Gasteiger partial charge in [-0.15, -0.1) is 0 Å². The van der Waals surface area contributed by atoms with Crippen molar-refractivity contribution in [3.63, 3.8) is 0 Å². The van der Waals surface area contributed by atoms with Crippen molar-refractivity contribution < 1.29 is 44.4 Å². The summed E-state index contributed by atoms with van der Waals surface area (Å²) >= 11 is 0. The first-order valence-electron chi connectivity index (χ1n) is 3.36. The first kappa shape index (κ1) is 31.6. The molecule has 9 nitrogen and oxygen atoms in total. The van der Waals surface area contributed by atoms with Gasteiger partial charge in [0.2, 0.25) is 0 Å². The molecule has 0 saturated carbocycles. The van der Waals surface area contributed by atoms with Crippen molar-refractivity contribution in [3.05, 3.63) is 23.8 Å². The van der Waals surface area contributed by atoms with Crippen molar-refractivity contribution in [1.29, 1.82) is 0 Å². The number of hydrogen-bond acceptors (Lipinski definition) is 4. The van der Waals surface area contributed by atoms with Crippen molar-refractivity contribution in [2.75, 3.05) is 0 Å². The summed E-state index contributed by atoms with van der Waals surface area (Å²) in [5, 5.41) is 17.5. The van der Waals surface area contributed by atoms with Crippen molar-refractivity contribution in [2.24, 2.45) is 0 Å². The van der Waals surface area contributed by atoms with Gasteiger partial charge in [-0.1, -0.05) is 0 Å². The predicted molar refractivity (Wildman–Crippen MR) is 67.2 cm³/mol. The predicted octanol–water partition coefficient (Wildman–Crippen LogP) is -2.90. The Morgan fingerprint density at radius 1 is 1.05 bits per heavy atom. The number of aromatic hydroxyl groups is 1. The van der Waals surface area contributed by atoms with E-state index in [2.05, 4.69) is 0 Å². The maximum absolute atomic E-state index is 10.6. The minimum atomic E-state index is -4.45. The van der Waals surface area contributed by atoms with E-state index in [9.17, 15) is 13.2 Å². The zero-order chi connectivity index (χ0) is 10.9. The van der Waals surface area contributed by atoms with Crippen LogP contribution in [0.3, 0.4) is 0 Å². The van der Waals surface area contributed by atoms with Crippen molar-refractivity contribution in [1.82, 2.24) is 0 Å². The zero-order valence-corrected chi connectivity index (χ0v) is 15.0. The Labute approximate surface area is 152 Å². The van der Waals surface area contributed by atoms with Gasteiger partial charge in [-0.25, -0.2) is 4.79 Å². The Hall–Kier alpha value is 0.280. The Morgan fingerprint density at radius 3 is 1.79 bits per heavy atom. The Morgan fingerprint density at radius 2 is 1.47 bits per heavy atom. The molecule has 0 aliphatic rings. The topological polar surface area (TPSA) is 206 Å². The van der Waals surface area contributed by atoms with Gasteiger partial charge in [-0.05, 0) is 18.2 Å². The van der Waals surface area contributed by atoms with Crippen LogP contribution < -0.4 is 0 Å². The fourth-order valence-corrected chi connectivity index (χ4v) is 1.35. The fourth-order valence-electron chi connectivity index (χ4n) is 0.847. The molecule has 1 aromatic carbocycles. The third-order valence-electron chi connectivity index (χ3n) is 1.50. The van der Waals surface area contributed by atoms with Crippen LogP contribution in [-0.2, 0) is 10.1 Å². The average molecular weight is 318 g/mol. The van der Waals surface area contributed by atoms with E-state index in [0.717, 1.165) is 12.1 Å². The van der Waals surface area contributed by atoms with E-state index >= 15 is 0 Å². The molecular formula is C7H12Na2O9S. The van der Waals surface area contributed by atoms with Crippen LogP contribution in [-0.4, -0.2) is 105 Å². The van der Waals surface area contributed by atoms with E-state index in [1.165, 1.54) is 0 Å². The molecule has 1 rings (SSSR count). The molecule has 0 bridgehead atoms. The second-order valence-electron chi connectivity index (χ2n) is 2.46. The largest absolute Gasteiger partial charge is 0.507 e. The number of benzene rings is 1. The summed E-state index contributed by atoms with van der Waals surface area (Å²) in [4.78, 5) is 9.89. The van der Waals surface area contributed by atoms with E-state index in [-0.39, 0.29) is 75.5 Å². The smallest absolute Gasteiger partial charge is 0.339 e. The Balaban J connectivity index is -0.000000131. The van der Waals surface area contributed by atoms with Crippen LogP contribution >= 0.6 is 0 Å². The summed E-state index contributed by atoms with van der Waals surface area (Å²) < 4.78 is 29.8. The van der Waals surface area contributed by atoms with E-state index in [1.54, 1.807) is 0 Å². The standard InChI is InChI=1S/C7H6O6S.2Na.3H2O/c8-6-2-1-4(14(11,12)13)3-5(6)7(9)10;;;;;/h1-3,8H,(H,9,10)(H,11,12,13);;;3*1H2. The molecule has 2 radical (unpaired) electrons. The molecule has 0 aromatic heterocycles. The van der Waals surface area contributed by atoms with Gasteiger partial charge >= 0.3 is 5.97 Å². The summed E-state index contributed by atoms with van der Waals surface area (Å²) in [6.45, 7) is 0. The molecule has 12 heteroatoms. The number of carboxylic acid groups (broad SMARTS) is 1. The van der Waals surface area contributed by atoms with Crippen molar-refractivity contribution in [2.45, 2.75) is 4.90 Å². The summed E-state index contributed by atoms with van der Waals surface area (Å²) in [5.41, 5.74) is -0.583. The number of rotatable bonds is 2. The molecule has 1 aromatic rings. The maximum Gasteiger partial charge on any atom is 0.339 e. The summed E-state index contributed by atoms with van der Waals surface area (Å²) in [6, 6.07) is 2.46. The minimum absolute atomic E-state index is 0. The molecule has 0 amide bonds. The van der Waals surface area contributed by atoms with Gasteiger partial charge in [0, 0.05) is 59.1 Å². The molecule has 0 spiro atoms. The molecule has 0 heterocycles. The second kappa shape index (κ2) is 12.1. The molecule has 0 unspecified atom stereocenters. The van der Waals surface area contributed by atoms with E-state index in [4.69, 9.17) is 14.8 Å². The normalized spacial score (nSPS) is 8.26. The van der Waals surface area contributed by atoms with Gasteiger partial charge in [0.05, 0.1) is 4.90 Å². The third kappa shape index (κ3) is 8.94. The van der Waals surface area contributed by atoms with Crippen LogP contribution in [0.1, 0.15) is 10.4 Å². The SMILES string of the molecule is O.O.O.O=C(O)c1cc(S(=O)(=O)O)ccc1O.[Na].[Na]. The first-order valence-corrected chi connectivity index (χ1v) is 4.80. The molecule has 19 heavy (non-hydrogen) atoms. The molecule has 0 atom stereocenters. The summed E-state index contributed by atoms with van der Waals surface area (Å²) in [6.07, 6.45) is 0. The fraction of sp³-hybridized carbons (Fsp3) is 0. The Bertz CT molecular complexity index is 487. The van der Waals surface area contributed by atoms with Gasteiger partial charge in [0.1, 0.15) is 11.3 Å². The summed E-state index contributed by atoms with van der Waals surface area (Å²) in [7, 11) is -4.45. The average Bonchev–Trinajstić information content (AvgIpc) is 2.02. The van der Waals surface area contributed by atoms with Crippen LogP contribution in [0.4, 0.5) is 0 Å². The maximum atomic E-state index is 10.6. The van der Waals surface area contributed by atoms with Crippen LogP contribution in [0.5, 0.6) is 5.75 Å². The zero-order valence-electron chi connectivity index (χ0n) is 10.2. The van der Waals surface area contributed by atoms with Gasteiger partial charge in [0.15, 0.2) is 0 Å². The summed E-state index contributed by atoms with van der Waals surface area (Å²) in [5.74, 6) is -2.04. The number of carboxylic acids is 1. The third-order valence-corrected chi connectivity index (χ3v) is 2.35. The molecular weight excluding hydrogens is 306 g/mol. The van der Waals surface area contributed by atoms with Crippen LogP contribution in [0.15, 0.2) is 23.1 Å². The monoisotopic (exact) mass is 318 g/mol. The second-order valence-corrected chi connectivity index (χ2v) is 3.88. The van der Waals surface area contributed by atoms with Gasteiger partial charge in [-0.3, -0.25) is 4.55 Å². The van der Waals surface area contributed by atoms with E-state index < -0.39 is 32.3 Å². The van der Waals surface area contributed by atoms with Crippen molar-refractivity contribution >= 4 is 75.2 Å². The minimum Gasteiger partial charge on any atom is -0.507 e. The van der Waals surface area contributed by atoms with Crippen molar-refractivity contribution in [3.8, 4) is 5.75 Å². The molecule has 9 N–H and O–H groups in total. The number of carbonyl (C=O) groups is 1. The number of aromatic carboxylic acids is 1. The Kier molecular flexibility index (Phi) is 20.0. The molecule has 0 fully saturated rings.